The normalized spacial score (nSPS) is 12.1. The first-order valence-corrected chi connectivity index (χ1v) is 4.64. The molecule has 0 heterocycles. The zero-order valence-electron chi connectivity index (χ0n) is 8.27. The van der Waals surface area contributed by atoms with Crippen LogP contribution in [0.3, 0.4) is 0 Å². The van der Waals surface area contributed by atoms with Crippen molar-refractivity contribution in [1.82, 2.24) is 0 Å². The predicted octanol–water partition coefficient (Wildman–Crippen LogP) is 2.69. The van der Waals surface area contributed by atoms with Gasteiger partial charge in [-0.2, -0.15) is 0 Å². The van der Waals surface area contributed by atoms with Crippen LogP contribution in [0.4, 0.5) is 0 Å². The standard InChI is InChI=1S/C12H14O2/c1-3-4-10(2)14-12-7-5-11(9-13)6-8-12/h4-10H,2-3H2,1H3. The predicted molar refractivity (Wildman–Crippen MR) is 56.2 cm³/mol. The van der Waals surface area contributed by atoms with Crippen LogP contribution in [0.5, 0.6) is 5.75 Å². The Morgan fingerprint density at radius 2 is 2.07 bits per heavy atom. The van der Waals surface area contributed by atoms with Gasteiger partial charge in [-0.15, -0.1) is 0 Å². The molecule has 2 nitrogen and oxygen atoms in total. The summed E-state index contributed by atoms with van der Waals surface area (Å²) in [5, 5.41) is 0. The lowest BCUT2D eigenvalue weighted by Crippen LogP contribution is -2.12. The summed E-state index contributed by atoms with van der Waals surface area (Å²) in [6.45, 7) is 5.86. The van der Waals surface area contributed by atoms with Crippen LogP contribution in [0.25, 0.3) is 0 Å². The molecule has 2 heteroatoms. The van der Waals surface area contributed by atoms with E-state index in [4.69, 9.17) is 4.74 Å². The molecule has 0 aliphatic heterocycles. The van der Waals surface area contributed by atoms with Crippen LogP contribution >= 0.6 is 0 Å². The van der Waals surface area contributed by atoms with E-state index in [1.165, 1.54) is 0 Å². The SMILES string of the molecule is [CH2]C([CH]CC)Oc1ccc(C=O)cc1. The molecule has 74 valence electrons. The van der Waals surface area contributed by atoms with Gasteiger partial charge in [0.2, 0.25) is 0 Å². The maximum absolute atomic E-state index is 10.4. The van der Waals surface area contributed by atoms with Crippen molar-refractivity contribution in [3.63, 3.8) is 0 Å². The molecular formula is C12H14O2. The minimum Gasteiger partial charge on any atom is -0.490 e. The summed E-state index contributed by atoms with van der Waals surface area (Å²) < 4.78 is 5.47. The topological polar surface area (TPSA) is 26.3 Å². The van der Waals surface area contributed by atoms with Gasteiger partial charge in [-0.3, -0.25) is 4.79 Å². The fourth-order valence-electron chi connectivity index (χ4n) is 1.11. The van der Waals surface area contributed by atoms with Crippen LogP contribution in [0, 0.1) is 13.3 Å². The van der Waals surface area contributed by atoms with Crippen molar-refractivity contribution in [3.8, 4) is 5.75 Å². The molecule has 2 radical (unpaired) electrons. The average molecular weight is 190 g/mol. The molecule has 0 saturated carbocycles. The molecule has 0 aliphatic rings. The fraction of sp³-hybridized carbons (Fsp3) is 0.250. The molecule has 0 amide bonds. The molecule has 0 N–H and O–H groups in total. The highest BCUT2D eigenvalue weighted by molar-refractivity contribution is 5.74. The number of hydrogen-bond acceptors (Lipinski definition) is 2. The summed E-state index contributed by atoms with van der Waals surface area (Å²) in [6, 6.07) is 6.98. The van der Waals surface area contributed by atoms with Crippen molar-refractivity contribution < 1.29 is 9.53 Å². The Bertz CT molecular complexity index is 277. The van der Waals surface area contributed by atoms with E-state index in [1.807, 2.05) is 13.3 Å². The number of ether oxygens (including phenoxy) is 1. The van der Waals surface area contributed by atoms with Gasteiger partial charge in [-0.05, 0) is 37.6 Å². The zero-order valence-corrected chi connectivity index (χ0v) is 8.27. The number of carbonyl (C=O) groups excluding carboxylic acids is 1. The van der Waals surface area contributed by atoms with Gasteiger partial charge < -0.3 is 4.74 Å². The van der Waals surface area contributed by atoms with Gasteiger partial charge in [0.05, 0.1) is 0 Å². The summed E-state index contributed by atoms with van der Waals surface area (Å²) in [5.74, 6) is 0.736. The van der Waals surface area contributed by atoms with Crippen molar-refractivity contribution in [1.29, 1.82) is 0 Å². The highest BCUT2D eigenvalue weighted by Gasteiger charge is 2.02. The van der Waals surface area contributed by atoms with E-state index in [1.54, 1.807) is 24.3 Å². The van der Waals surface area contributed by atoms with E-state index in [-0.39, 0.29) is 6.10 Å². The van der Waals surface area contributed by atoms with Gasteiger partial charge >= 0.3 is 0 Å². The molecule has 1 atom stereocenters. The van der Waals surface area contributed by atoms with E-state index < -0.39 is 0 Å². The van der Waals surface area contributed by atoms with E-state index in [0.717, 1.165) is 18.5 Å². The summed E-state index contributed by atoms with van der Waals surface area (Å²) in [4.78, 5) is 10.4. The third-order valence-corrected chi connectivity index (χ3v) is 1.80. The Balaban J connectivity index is 2.55. The largest absolute Gasteiger partial charge is 0.490 e. The van der Waals surface area contributed by atoms with E-state index >= 15 is 0 Å². The van der Waals surface area contributed by atoms with E-state index in [9.17, 15) is 4.79 Å². The molecule has 1 aromatic rings. The number of benzene rings is 1. The van der Waals surface area contributed by atoms with Gasteiger partial charge in [0.25, 0.3) is 0 Å². The Hall–Kier alpha value is -1.31. The van der Waals surface area contributed by atoms with Crippen LogP contribution in [0.15, 0.2) is 24.3 Å². The average Bonchev–Trinajstić information content (AvgIpc) is 2.19. The lowest BCUT2D eigenvalue weighted by Gasteiger charge is -2.12. The molecule has 1 aromatic carbocycles. The minimum absolute atomic E-state index is 0.137. The van der Waals surface area contributed by atoms with Gasteiger partial charge in [0.1, 0.15) is 18.1 Å². The smallest absolute Gasteiger partial charge is 0.150 e. The molecule has 0 spiro atoms. The summed E-state index contributed by atoms with van der Waals surface area (Å²) in [6.07, 6.45) is 3.58. The Morgan fingerprint density at radius 3 is 2.57 bits per heavy atom. The lowest BCUT2D eigenvalue weighted by molar-refractivity contribution is 0.112. The number of hydrogen-bond donors (Lipinski definition) is 0. The summed E-state index contributed by atoms with van der Waals surface area (Å²) >= 11 is 0. The second-order valence-electron chi connectivity index (χ2n) is 2.99. The maximum atomic E-state index is 10.4. The van der Waals surface area contributed by atoms with Crippen molar-refractivity contribution in [2.45, 2.75) is 19.4 Å². The highest BCUT2D eigenvalue weighted by atomic mass is 16.5. The monoisotopic (exact) mass is 190 g/mol. The molecular weight excluding hydrogens is 176 g/mol. The van der Waals surface area contributed by atoms with Gasteiger partial charge in [-0.1, -0.05) is 6.92 Å². The second-order valence-corrected chi connectivity index (χ2v) is 2.99. The highest BCUT2D eigenvalue weighted by Crippen LogP contribution is 2.14. The molecule has 1 rings (SSSR count). The van der Waals surface area contributed by atoms with Gasteiger partial charge in [0, 0.05) is 12.0 Å². The van der Waals surface area contributed by atoms with Crippen molar-refractivity contribution in [3.05, 3.63) is 43.2 Å². The number of rotatable bonds is 5. The van der Waals surface area contributed by atoms with Gasteiger partial charge in [-0.25, -0.2) is 0 Å². The molecule has 14 heavy (non-hydrogen) atoms. The Kier molecular flexibility index (Phi) is 4.17. The summed E-state index contributed by atoms with van der Waals surface area (Å²) in [7, 11) is 0. The van der Waals surface area contributed by atoms with Crippen LogP contribution in [0.2, 0.25) is 0 Å². The second kappa shape index (κ2) is 5.43. The summed E-state index contributed by atoms with van der Waals surface area (Å²) in [5.41, 5.74) is 0.650. The molecule has 0 fully saturated rings. The molecule has 0 aliphatic carbocycles. The minimum atomic E-state index is -0.137. The Labute approximate surface area is 84.9 Å². The van der Waals surface area contributed by atoms with Crippen LogP contribution in [-0.4, -0.2) is 12.4 Å². The third kappa shape index (κ3) is 3.21. The molecule has 0 saturated heterocycles. The number of carbonyl (C=O) groups is 1. The lowest BCUT2D eigenvalue weighted by atomic mass is 10.2. The third-order valence-electron chi connectivity index (χ3n) is 1.80. The maximum Gasteiger partial charge on any atom is 0.150 e. The van der Waals surface area contributed by atoms with Crippen molar-refractivity contribution in [2.24, 2.45) is 0 Å². The first-order valence-electron chi connectivity index (χ1n) is 4.64. The van der Waals surface area contributed by atoms with Gasteiger partial charge in [0.15, 0.2) is 0 Å². The first kappa shape index (κ1) is 10.8. The van der Waals surface area contributed by atoms with Crippen molar-refractivity contribution >= 4 is 6.29 Å². The van der Waals surface area contributed by atoms with E-state index in [0.29, 0.717) is 5.56 Å². The zero-order chi connectivity index (χ0) is 10.4. The van der Waals surface area contributed by atoms with Crippen LogP contribution in [0.1, 0.15) is 23.7 Å². The molecule has 0 aromatic heterocycles. The van der Waals surface area contributed by atoms with Crippen LogP contribution < -0.4 is 4.74 Å². The molecule has 1 unspecified atom stereocenters. The fourth-order valence-corrected chi connectivity index (χ4v) is 1.11. The van der Waals surface area contributed by atoms with Crippen LogP contribution in [-0.2, 0) is 0 Å². The molecule has 0 bridgehead atoms. The quantitative estimate of drug-likeness (QED) is 0.667. The first-order chi connectivity index (χ1) is 6.76. The Morgan fingerprint density at radius 1 is 1.43 bits per heavy atom. The number of aldehydes is 1. The van der Waals surface area contributed by atoms with Crippen molar-refractivity contribution in [2.75, 3.05) is 0 Å². The van der Waals surface area contributed by atoms with E-state index in [2.05, 4.69) is 6.92 Å².